The number of hydrogen-bond donors (Lipinski definition) is 3. The predicted molar refractivity (Wildman–Crippen MR) is 114 cm³/mol. The van der Waals surface area contributed by atoms with Crippen LogP contribution in [0.4, 0.5) is 4.79 Å². The van der Waals surface area contributed by atoms with Crippen LogP contribution in [0.3, 0.4) is 0 Å². The Balaban J connectivity index is 2.03. The van der Waals surface area contributed by atoms with E-state index >= 15 is 0 Å². The molecule has 0 aliphatic heterocycles. The van der Waals surface area contributed by atoms with E-state index in [0.717, 1.165) is 11.1 Å². The number of aromatic nitrogens is 1. The van der Waals surface area contributed by atoms with Gasteiger partial charge in [0.05, 0.1) is 19.1 Å². The molecule has 0 saturated carbocycles. The highest BCUT2D eigenvalue weighted by molar-refractivity contribution is 6.30. The van der Waals surface area contributed by atoms with Gasteiger partial charge in [0.1, 0.15) is 11.4 Å². The summed E-state index contributed by atoms with van der Waals surface area (Å²) in [5.74, 6) is -0.00469. The minimum absolute atomic E-state index is 0.134. The van der Waals surface area contributed by atoms with Gasteiger partial charge in [-0.1, -0.05) is 17.7 Å². The van der Waals surface area contributed by atoms with Crippen molar-refractivity contribution in [2.45, 2.75) is 45.9 Å². The largest absolute Gasteiger partial charge is 0.496 e. The molecule has 0 aliphatic rings. The molecular formula is C21H26ClN3O5. The lowest BCUT2D eigenvalue weighted by atomic mass is 10.1. The van der Waals surface area contributed by atoms with E-state index in [-0.39, 0.29) is 36.5 Å². The van der Waals surface area contributed by atoms with Crippen LogP contribution >= 0.6 is 11.6 Å². The molecule has 0 spiro atoms. The molecule has 30 heavy (non-hydrogen) atoms. The first-order valence-electron chi connectivity index (χ1n) is 9.34. The zero-order valence-corrected chi connectivity index (χ0v) is 18.2. The third kappa shape index (κ3) is 7.11. The number of nitrogens with one attached hydrogen (secondary N) is 3. The van der Waals surface area contributed by atoms with Crippen LogP contribution in [0, 0.1) is 0 Å². The summed E-state index contributed by atoms with van der Waals surface area (Å²) in [5.41, 5.74) is 0.781. The lowest BCUT2D eigenvalue weighted by Crippen LogP contribution is -2.32. The standard InChI is InChI=1S/C21H26ClN3O5/c1-21(2,3)30-20(28)25-11-13-5-6-15(22)9-14(13)12-24-18(26)10-16-17(29-4)7-8-23-19(16)27/h5-9H,10-12H2,1-4H3,(H,23,27)(H,24,26)(H,25,28). The van der Waals surface area contributed by atoms with Gasteiger partial charge in [0.15, 0.2) is 0 Å². The Morgan fingerprint density at radius 3 is 2.47 bits per heavy atom. The smallest absolute Gasteiger partial charge is 0.407 e. The number of methoxy groups -OCH3 is 1. The molecule has 0 saturated heterocycles. The van der Waals surface area contributed by atoms with Crippen LogP contribution in [-0.4, -0.2) is 29.7 Å². The Hall–Kier alpha value is -3.00. The first kappa shape index (κ1) is 23.3. The molecule has 1 heterocycles. The van der Waals surface area contributed by atoms with E-state index in [4.69, 9.17) is 21.1 Å². The SMILES string of the molecule is COc1cc[nH]c(=O)c1CC(=O)NCc1cc(Cl)ccc1CNC(=O)OC(C)(C)C. The van der Waals surface area contributed by atoms with Crippen LogP contribution in [0.5, 0.6) is 5.75 Å². The summed E-state index contributed by atoms with van der Waals surface area (Å²) in [6.07, 6.45) is 0.784. The lowest BCUT2D eigenvalue weighted by Gasteiger charge is -2.20. The molecule has 0 unspecified atom stereocenters. The molecule has 8 nitrogen and oxygen atoms in total. The Labute approximate surface area is 179 Å². The van der Waals surface area contributed by atoms with E-state index in [1.54, 1.807) is 45.0 Å². The number of rotatable bonds is 7. The van der Waals surface area contributed by atoms with Crippen molar-refractivity contribution in [1.29, 1.82) is 0 Å². The van der Waals surface area contributed by atoms with Gasteiger partial charge < -0.3 is 25.1 Å². The first-order chi connectivity index (χ1) is 14.1. The number of H-pyrrole nitrogens is 1. The van der Waals surface area contributed by atoms with Gasteiger partial charge in [0.2, 0.25) is 5.91 Å². The molecule has 0 bridgehead atoms. The van der Waals surface area contributed by atoms with E-state index < -0.39 is 11.7 Å². The number of halogens is 1. The minimum Gasteiger partial charge on any atom is -0.496 e. The molecule has 9 heteroatoms. The highest BCUT2D eigenvalue weighted by Crippen LogP contribution is 2.17. The van der Waals surface area contributed by atoms with Crippen molar-refractivity contribution in [2.24, 2.45) is 0 Å². The third-order valence-corrected chi connectivity index (χ3v) is 4.28. The van der Waals surface area contributed by atoms with Gasteiger partial charge in [-0.3, -0.25) is 9.59 Å². The number of carbonyl (C=O) groups is 2. The highest BCUT2D eigenvalue weighted by atomic mass is 35.5. The van der Waals surface area contributed by atoms with Gasteiger partial charge in [-0.05, 0) is 50.1 Å². The molecule has 1 aromatic heterocycles. The number of alkyl carbamates (subject to hydrolysis) is 1. The summed E-state index contributed by atoms with van der Waals surface area (Å²) in [5, 5.41) is 5.96. The van der Waals surface area contributed by atoms with Crippen molar-refractivity contribution in [3.05, 3.63) is 62.5 Å². The summed E-state index contributed by atoms with van der Waals surface area (Å²) >= 11 is 6.09. The number of aromatic amines is 1. The van der Waals surface area contributed by atoms with E-state index in [1.807, 2.05) is 0 Å². The van der Waals surface area contributed by atoms with Crippen LogP contribution in [0.1, 0.15) is 37.5 Å². The van der Waals surface area contributed by atoms with Crippen LogP contribution in [-0.2, 0) is 29.0 Å². The molecule has 3 N–H and O–H groups in total. The number of benzene rings is 1. The minimum atomic E-state index is -0.600. The van der Waals surface area contributed by atoms with Crippen molar-refractivity contribution in [3.8, 4) is 5.75 Å². The van der Waals surface area contributed by atoms with Gasteiger partial charge >= 0.3 is 6.09 Å². The molecule has 0 aliphatic carbocycles. The number of amides is 2. The van der Waals surface area contributed by atoms with Gasteiger partial charge in [0.25, 0.3) is 5.56 Å². The summed E-state index contributed by atoms with van der Waals surface area (Å²) in [6, 6.07) is 6.77. The predicted octanol–water partition coefficient (Wildman–Crippen LogP) is 2.92. The Kier molecular flexibility index (Phi) is 7.88. The molecular weight excluding hydrogens is 410 g/mol. The average Bonchev–Trinajstić information content (AvgIpc) is 2.65. The van der Waals surface area contributed by atoms with E-state index in [2.05, 4.69) is 15.6 Å². The van der Waals surface area contributed by atoms with Gasteiger partial charge in [0, 0.05) is 24.3 Å². The number of pyridine rings is 1. The van der Waals surface area contributed by atoms with E-state index in [1.165, 1.54) is 13.3 Å². The van der Waals surface area contributed by atoms with Gasteiger partial charge in [-0.2, -0.15) is 0 Å². The number of ether oxygens (including phenoxy) is 2. The fourth-order valence-corrected chi connectivity index (χ4v) is 2.88. The first-order valence-corrected chi connectivity index (χ1v) is 9.72. The molecule has 0 radical (unpaired) electrons. The Morgan fingerprint density at radius 1 is 1.10 bits per heavy atom. The molecule has 1 aromatic carbocycles. The summed E-state index contributed by atoms with van der Waals surface area (Å²) in [7, 11) is 1.44. The van der Waals surface area contributed by atoms with E-state index in [0.29, 0.717) is 10.8 Å². The summed E-state index contributed by atoms with van der Waals surface area (Å²) < 4.78 is 10.4. The Morgan fingerprint density at radius 2 is 1.80 bits per heavy atom. The van der Waals surface area contributed by atoms with Crippen molar-refractivity contribution in [2.75, 3.05) is 7.11 Å². The number of hydrogen-bond acceptors (Lipinski definition) is 5. The second-order valence-electron chi connectivity index (χ2n) is 7.58. The monoisotopic (exact) mass is 435 g/mol. The van der Waals surface area contributed by atoms with Gasteiger partial charge in [-0.15, -0.1) is 0 Å². The molecule has 162 valence electrons. The molecule has 2 aromatic rings. The molecule has 0 atom stereocenters. The van der Waals surface area contributed by atoms with Crippen molar-refractivity contribution >= 4 is 23.6 Å². The zero-order chi connectivity index (χ0) is 22.3. The van der Waals surface area contributed by atoms with Crippen LogP contribution in [0.2, 0.25) is 5.02 Å². The third-order valence-electron chi connectivity index (χ3n) is 4.04. The maximum absolute atomic E-state index is 12.4. The van der Waals surface area contributed by atoms with Crippen LogP contribution in [0.15, 0.2) is 35.3 Å². The normalized spacial score (nSPS) is 11.0. The molecule has 2 rings (SSSR count). The van der Waals surface area contributed by atoms with Crippen molar-refractivity contribution in [3.63, 3.8) is 0 Å². The topological polar surface area (TPSA) is 110 Å². The second kappa shape index (κ2) is 10.2. The summed E-state index contributed by atoms with van der Waals surface area (Å²) in [4.78, 5) is 38.8. The highest BCUT2D eigenvalue weighted by Gasteiger charge is 2.17. The van der Waals surface area contributed by atoms with Crippen molar-refractivity contribution < 1.29 is 19.1 Å². The van der Waals surface area contributed by atoms with Crippen molar-refractivity contribution in [1.82, 2.24) is 15.6 Å². The quantitative estimate of drug-likeness (QED) is 0.619. The average molecular weight is 436 g/mol. The maximum atomic E-state index is 12.4. The zero-order valence-electron chi connectivity index (χ0n) is 17.4. The van der Waals surface area contributed by atoms with Crippen LogP contribution < -0.4 is 20.9 Å². The molecule has 0 fully saturated rings. The lowest BCUT2D eigenvalue weighted by molar-refractivity contribution is -0.120. The van der Waals surface area contributed by atoms with E-state index in [9.17, 15) is 14.4 Å². The molecule has 2 amide bonds. The fraction of sp³-hybridized carbons (Fsp3) is 0.381. The summed E-state index contributed by atoms with van der Waals surface area (Å²) in [6.45, 7) is 5.73. The van der Waals surface area contributed by atoms with Gasteiger partial charge in [-0.25, -0.2) is 4.79 Å². The maximum Gasteiger partial charge on any atom is 0.407 e. The Bertz CT molecular complexity index is 966. The number of carbonyl (C=O) groups excluding carboxylic acids is 2. The second-order valence-corrected chi connectivity index (χ2v) is 8.01. The van der Waals surface area contributed by atoms with Crippen LogP contribution in [0.25, 0.3) is 0 Å². The fourth-order valence-electron chi connectivity index (χ4n) is 2.68.